The van der Waals surface area contributed by atoms with Gasteiger partial charge in [0.05, 0.1) is 11.1 Å². The lowest BCUT2D eigenvalue weighted by atomic mass is 10.1. The van der Waals surface area contributed by atoms with Crippen LogP contribution in [0.5, 0.6) is 11.5 Å². The number of benzene rings is 4. The van der Waals surface area contributed by atoms with Crippen molar-refractivity contribution in [1.29, 1.82) is 5.26 Å². The fraction of sp³-hybridized carbons (Fsp3) is 0.133. The Bertz CT molecular complexity index is 1440. The van der Waals surface area contributed by atoms with Crippen LogP contribution in [-0.4, -0.2) is 12.5 Å². The summed E-state index contributed by atoms with van der Waals surface area (Å²) in [7, 11) is 0. The van der Waals surface area contributed by atoms with Crippen LogP contribution < -0.4 is 14.8 Å². The molecular formula is C30H25BrN2O3. The maximum absolute atomic E-state index is 12.6. The highest BCUT2D eigenvalue weighted by Gasteiger charge is 2.15. The van der Waals surface area contributed by atoms with Crippen LogP contribution in [-0.2, 0) is 17.9 Å². The summed E-state index contributed by atoms with van der Waals surface area (Å²) in [6.45, 7) is 3.03. The number of nitrogens with zero attached hydrogens (tertiary/aromatic N) is 1. The first-order valence-corrected chi connectivity index (χ1v) is 12.4. The highest BCUT2D eigenvalue weighted by Crippen LogP contribution is 2.38. The lowest BCUT2D eigenvalue weighted by Crippen LogP contribution is -2.23. The van der Waals surface area contributed by atoms with E-state index in [1.54, 1.807) is 12.1 Å². The molecule has 0 aromatic heterocycles. The smallest absolute Gasteiger partial charge is 0.262 e. The summed E-state index contributed by atoms with van der Waals surface area (Å²) in [6.07, 6.45) is 1.54. The van der Waals surface area contributed by atoms with Gasteiger partial charge < -0.3 is 14.8 Å². The van der Waals surface area contributed by atoms with E-state index in [9.17, 15) is 10.1 Å². The summed E-state index contributed by atoms with van der Waals surface area (Å²) in [5, 5.41) is 14.7. The molecule has 6 heteroatoms. The third-order valence-corrected chi connectivity index (χ3v) is 6.14. The molecule has 0 unspecified atom stereocenters. The highest BCUT2D eigenvalue weighted by molar-refractivity contribution is 9.10. The molecule has 4 aromatic rings. The van der Waals surface area contributed by atoms with E-state index >= 15 is 0 Å². The van der Waals surface area contributed by atoms with Crippen molar-refractivity contribution in [2.75, 3.05) is 6.61 Å². The van der Waals surface area contributed by atoms with Crippen LogP contribution in [0.3, 0.4) is 0 Å². The Morgan fingerprint density at radius 3 is 2.53 bits per heavy atom. The summed E-state index contributed by atoms with van der Waals surface area (Å²) in [4.78, 5) is 12.6. The Morgan fingerprint density at radius 2 is 1.75 bits per heavy atom. The molecule has 1 amide bonds. The Morgan fingerprint density at radius 1 is 1.00 bits per heavy atom. The summed E-state index contributed by atoms with van der Waals surface area (Å²) < 4.78 is 12.7. The largest absolute Gasteiger partial charge is 0.490 e. The number of amides is 1. The van der Waals surface area contributed by atoms with Gasteiger partial charge in [-0.05, 0) is 68.5 Å². The van der Waals surface area contributed by atoms with E-state index in [1.807, 2.05) is 73.7 Å². The monoisotopic (exact) mass is 540 g/mol. The van der Waals surface area contributed by atoms with E-state index in [4.69, 9.17) is 9.47 Å². The summed E-state index contributed by atoms with van der Waals surface area (Å²) >= 11 is 3.58. The van der Waals surface area contributed by atoms with Crippen LogP contribution in [0.25, 0.3) is 16.8 Å². The molecule has 0 spiro atoms. The molecule has 5 nitrogen and oxygen atoms in total. The first-order valence-electron chi connectivity index (χ1n) is 11.6. The minimum atomic E-state index is -0.438. The minimum Gasteiger partial charge on any atom is -0.490 e. The lowest BCUT2D eigenvalue weighted by molar-refractivity contribution is -0.117. The average molecular weight is 541 g/mol. The molecule has 0 aliphatic rings. The molecule has 0 saturated heterocycles. The number of nitrogens with one attached hydrogen (secondary N) is 1. The van der Waals surface area contributed by atoms with Crippen LogP contribution in [0, 0.1) is 11.3 Å². The third kappa shape index (κ3) is 6.12. The zero-order valence-electron chi connectivity index (χ0n) is 19.8. The number of ether oxygens (including phenoxy) is 2. The Hall–Kier alpha value is -4.08. The second-order valence-corrected chi connectivity index (χ2v) is 8.88. The normalized spacial score (nSPS) is 11.1. The standard InChI is InChI=1S/C30H25BrN2O3/c1-2-35-28-17-22(15-25(18-32)30(34)33-19-21-9-4-3-5-10-21)16-27(31)29(28)36-20-24-13-8-12-23-11-6-7-14-26(23)24/h3-17H,2,19-20H2,1H3,(H,33,34)/b25-15+. The quantitative estimate of drug-likeness (QED) is 0.187. The number of nitriles is 1. The molecule has 4 aromatic carbocycles. The first-order chi connectivity index (χ1) is 17.6. The number of hydrogen-bond donors (Lipinski definition) is 1. The number of rotatable bonds is 9. The van der Waals surface area contributed by atoms with E-state index in [0.717, 1.165) is 21.9 Å². The fourth-order valence-corrected chi connectivity index (χ4v) is 4.41. The molecule has 0 heterocycles. The van der Waals surface area contributed by atoms with Crippen molar-refractivity contribution >= 4 is 38.7 Å². The van der Waals surface area contributed by atoms with Crippen molar-refractivity contribution in [3.63, 3.8) is 0 Å². The second-order valence-electron chi connectivity index (χ2n) is 8.03. The summed E-state index contributed by atoms with van der Waals surface area (Å²) in [5.41, 5.74) is 2.67. The van der Waals surface area contributed by atoms with Gasteiger partial charge in [0.25, 0.3) is 5.91 Å². The highest BCUT2D eigenvalue weighted by atomic mass is 79.9. The number of halogens is 1. The van der Waals surface area contributed by atoms with Crippen LogP contribution in [0.2, 0.25) is 0 Å². The summed E-state index contributed by atoms with van der Waals surface area (Å²) in [5.74, 6) is 0.654. The van der Waals surface area contributed by atoms with Gasteiger partial charge in [0.2, 0.25) is 0 Å². The average Bonchev–Trinajstić information content (AvgIpc) is 2.90. The topological polar surface area (TPSA) is 71.3 Å². The molecule has 1 N–H and O–H groups in total. The van der Waals surface area contributed by atoms with Gasteiger partial charge in [0.15, 0.2) is 11.5 Å². The van der Waals surface area contributed by atoms with Gasteiger partial charge in [-0.3, -0.25) is 4.79 Å². The molecule has 0 saturated carbocycles. The molecule has 0 bridgehead atoms. The van der Waals surface area contributed by atoms with Crippen molar-refractivity contribution in [2.24, 2.45) is 0 Å². The zero-order valence-corrected chi connectivity index (χ0v) is 21.4. The lowest BCUT2D eigenvalue weighted by Gasteiger charge is -2.16. The van der Waals surface area contributed by atoms with Gasteiger partial charge >= 0.3 is 0 Å². The van der Waals surface area contributed by atoms with Gasteiger partial charge in [-0.15, -0.1) is 0 Å². The Labute approximate surface area is 219 Å². The van der Waals surface area contributed by atoms with E-state index in [1.165, 1.54) is 0 Å². The van der Waals surface area contributed by atoms with Gasteiger partial charge in [-0.1, -0.05) is 72.8 Å². The van der Waals surface area contributed by atoms with Crippen molar-refractivity contribution in [3.8, 4) is 17.6 Å². The van der Waals surface area contributed by atoms with Gasteiger partial charge in [-0.25, -0.2) is 0 Å². The van der Waals surface area contributed by atoms with Crippen molar-refractivity contribution in [1.82, 2.24) is 5.32 Å². The Balaban J connectivity index is 1.55. The second kappa shape index (κ2) is 12.1. The SMILES string of the molecule is CCOc1cc(/C=C(\C#N)C(=O)NCc2ccccc2)cc(Br)c1OCc1cccc2ccccc12. The molecule has 4 rings (SSSR count). The number of hydrogen-bond acceptors (Lipinski definition) is 4. The van der Waals surface area contributed by atoms with Crippen molar-refractivity contribution in [2.45, 2.75) is 20.1 Å². The predicted molar refractivity (Wildman–Crippen MR) is 145 cm³/mol. The van der Waals surface area contributed by atoms with Crippen molar-refractivity contribution < 1.29 is 14.3 Å². The van der Waals surface area contributed by atoms with Gasteiger partial charge in [-0.2, -0.15) is 5.26 Å². The van der Waals surface area contributed by atoms with Crippen LogP contribution in [0.1, 0.15) is 23.6 Å². The molecule has 36 heavy (non-hydrogen) atoms. The summed E-state index contributed by atoms with van der Waals surface area (Å²) in [6, 6.07) is 29.4. The van der Waals surface area contributed by atoms with E-state index < -0.39 is 5.91 Å². The Kier molecular flexibility index (Phi) is 8.38. The van der Waals surface area contributed by atoms with Gasteiger partial charge in [0.1, 0.15) is 18.2 Å². The molecule has 0 aliphatic heterocycles. The first kappa shape index (κ1) is 25.0. The van der Waals surface area contributed by atoms with Crippen LogP contribution in [0.4, 0.5) is 0 Å². The molecule has 0 aliphatic carbocycles. The predicted octanol–water partition coefficient (Wildman–Crippen LogP) is 6.80. The maximum atomic E-state index is 12.6. The van der Waals surface area contributed by atoms with E-state index in [2.05, 4.69) is 39.4 Å². The third-order valence-electron chi connectivity index (χ3n) is 5.56. The van der Waals surface area contributed by atoms with Crippen molar-refractivity contribution in [3.05, 3.63) is 112 Å². The fourth-order valence-electron chi connectivity index (χ4n) is 3.83. The molecule has 180 valence electrons. The number of fused-ring (bicyclic) bond motifs is 1. The van der Waals surface area contributed by atoms with Gasteiger partial charge in [0, 0.05) is 6.54 Å². The molecular weight excluding hydrogens is 516 g/mol. The van der Waals surface area contributed by atoms with Crippen LogP contribution in [0.15, 0.2) is 95.0 Å². The van der Waals surface area contributed by atoms with E-state index in [-0.39, 0.29) is 5.57 Å². The molecule has 0 atom stereocenters. The molecule has 0 radical (unpaired) electrons. The zero-order chi connectivity index (χ0) is 25.3. The van der Waals surface area contributed by atoms with Crippen LogP contribution >= 0.6 is 15.9 Å². The maximum Gasteiger partial charge on any atom is 0.262 e. The van der Waals surface area contributed by atoms with E-state index in [0.29, 0.717) is 41.3 Å². The minimum absolute atomic E-state index is 0.00435. The number of carbonyl (C=O) groups is 1. The number of carbonyl (C=O) groups excluding carboxylic acids is 1. The molecule has 0 fully saturated rings.